The lowest BCUT2D eigenvalue weighted by atomic mass is 10.0. The first-order valence-electron chi connectivity index (χ1n) is 20.9. The molecule has 0 aliphatic heterocycles. The standard InChI is InChI=1S/C45H35Cl2N11O12S4/c1-24-33(22-48)41(51-29-13-14-35(47)38(20-29)74(68,69)70)53-42(50-27-11-7-26(46)8-12-27)40(24)55-56-43-34(23-49)39(25-5-9-28(10-6-25)52-45(61)58(15-17-59)16-18-60)44(71-43)57-54-30-19-32-31(37(21-30)73(65,66)67)3-2-4-36(32)72(62,63)64/h2-14,19-21,59-60H,15-18H2,1H3,(H,52,61)(H2,50,51,53)(H,62,63,64)(H,65,66,67)(H,68,69,70)/b56-55?,57-54+. The molecule has 0 atom stereocenters. The fraction of sp³-hybridized carbons (Fsp3) is 0.111. The number of hydrogen-bond donors (Lipinski definition) is 8. The van der Waals surface area contributed by atoms with E-state index in [0.717, 1.165) is 41.7 Å². The highest BCUT2D eigenvalue weighted by Gasteiger charge is 2.25. The van der Waals surface area contributed by atoms with Crippen LogP contribution < -0.4 is 16.0 Å². The molecule has 0 aliphatic carbocycles. The van der Waals surface area contributed by atoms with E-state index in [1.165, 1.54) is 54.3 Å². The normalized spacial score (nSPS) is 12.0. The lowest BCUT2D eigenvalue weighted by Crippen LogP contribution is -2.38. The summed E-state index contributed by atoms with van der Waals surface area (Å²) in [5, 5.41) is 65.4. The van der Waals surface area contributed by atoms with Crippen molar-refractivity contribution in [1.29, 1.82) is 10.5 Å². The number of hydrogen-bond acceptors (Lipinski definition) is 19. The quantitative estimate of drug-likeness (QED) is 0.0310. The highest BCUT2D eigenvalue weighted by Crippen LogP contribution is 2.49. The number of aliphatic hydroxyl groups excluding tert-OH is 2. The summed E-state index contributed by atoms with van der Waals surface area (Å²) < 4.78 is 104. The Hall–Kier alpha value is -7.51. The average molecular weight is 1120 g/mol. The van der Waals surface area contributed by atoms with Crippen LogP contribution in [0.1, 0.15) is 16.7 Å². The number of carbonyl (C=O) groups excluding carboxylic acids is 1. The Morgan fingerprint density at radius 3 is 1.88 bits per heavy atom. The molecule has 0 radical (unpaired) electrons. The molecule has 29 heteroatoms. The van der Waals surface area contributed by atoms with Crippen molar-refractivity contribution in [2.45, 2.75) is 21.6 Å². The van der Waals surface area contributed by atoms with Gasteiger partial charge < -0.3 is 31.1 Å². The second-order valence-corrected chi connectivity index (χ2v) is 21.3. The van der Waals surface area contributed by atoms with E-state index in [1.54, 1.807) is 24.3 Å². The van der Waals surface area contributed by atoms with Crippen LogP contribution in [-0.2, 0) is 30.4 Å². The summed E-state index contributed by atoms with van der Waals surface area (Å²) in [7, 11) is -14.8. The maximum Gasteiger partial charge on any atom is 0.321 e. The van der Waals surface area contributed by atoms with E-state index in [-0.39, 0.29) is 114 Å². The Labute approximate surface area is 435 Å². The summed E-state index contributed by atoms with van der Waals surface area (Å²) in [5.41, 5.74) is 0.621. The van der Waals surface area contributed by atoms with Gasteiger partial charge in [-0.15, -0.1) is 20.5 Å². The van der Waals surface area contributed by atoms with Gasteiger partial charge in [0, 0.05) is 57.1 Å². The van der Waals surface area contributed by atoms with Gasteiger partial charge in [0.1, 0.15) is 43.1 Å². The molecule has 0 bridgehead atoms. The van der Waals surface area contributed by atoms with Crippen LogP contribution in [0.4, 0.5) is 54.9 Å². The largest absolute Gasteiger partial charge is 0.395 e. The molecule has 5 aromatic carbocycles. The van der Waals surface area contributed by atoms with E-state index in [9.17, 15) is 64.4 Å². The highest BCUT2D eigenvalue weighted by atomic mass is 35.5. The monoisotopic (exact) mass is 1120 g/mol. The Balaban J connectivity index is 1.40. The van der Waals surface area contributed by atoms with Crippen molar-refractivity contribution < 1.29 is 53.9 Å². The smallest absolute Gasteiger partial charge is 0.321 e. The number of anilines is 5. The number of nitriles is 2. The molecule has 0 saturated heterocycles. The molecule has 8 N–H and O–H groups in total. The summed E-state index contributed by atoms with van der Waals surface area (Å²) >= 11 is 12.9. The summed E-state index contributed by atoms with van der Waals surface area (Å²) in [4.78, 5) is 16.6. The number of urea groups is 1. The van der Waals surface area contributed by atoms with Crippen LogP contribution in [0.25, 0.3) is 21.9 Å². The zero-order chi connectivity index (χ0) is 53.7. The summed E-state index contributed by atoms with van der Waals surface area (Å²) in [6.45, 7) is 0.610. The van der Waals surface area contributed by atoms with Crippen molar-refractivity contribution in [2.75, 3.05) is 42.3 Å². The number of nitrogens with one attached hydrogen (secondary N) is 3. The molecule has 0 fully saturated rings. The van der Waals surface area contributed by atoms with Gasteiger partial charge in [-0.3, -0.25) is 13.7 Å². The first-order valence-corrected chi connectivity index (χ1v) is 26.7. The molecule has 2 heterocycles. The lowest BCUT2D eigenvalue weighted by molar-refractivity contribution is 0.167. The fourth-order valence-electron chi connectivity index (χ4n) is 7.12. The number of fused-ring (bicyclic) bond motifs is 1. The van der Waals surface area contributed by atoms with Crippen LogP contribution in [-0.4, -0.2) is 91.3 Å². The molecule has 74 heavy (non-hydrogen) atoms. The maximum atomic E-state index is 13.0. The molecule has 2 aromatic heterocycles. The SMILES string of the molecule is Cc1c(C#N)c(Nc2ccc(Cl)c(S(=O)(=O)O)c2)nc(Nc2ccc(Cl)cc2)c1N=Nc1sc(/N=N/c2cc(S(=O)(=O)O)c3cccc(S(=O)(=O)O)c3c2)c(-c2ccc(NC(=O)N(CCO)CCO)cc2)c1C#N. The second kappa shape index (κ2) is 22.3. The Kier molecular flexibility index (Phi) is 16.4. The van der Waals surface area contributed by atoms with E-state index in [0.29, 0.717) is 10.7 Å². The van der Waals surface area contributed by atoms with Crippen molar-refractivity contribution in [2.24, 2.45) is 20.5 Å². The summed E-state index contributed by atoms with van der Waals surface area (Å²) in [6, 6.07) is 24.8. The first-order chi connectivity index (χ1) is 35.0. The number of aromatic nitrogens is 1. The number of amides is 2. The average Bonchev–Trinajstić information content (AvgIpc) is 3.70. The zero-order valence-corrected chi connectivity index (χ0v) is 42.4. The van der Waals surface area contributed by atoms with Crippen LogP contribution in [0.2, 0.25) is 10.0 Å². The van der Waals surface area contributed by atoms with Gasteiger partial charge in [-0.05, 0) is 85.3 Å². The number of aliphatic hydroxyl groups is 2. The second-order valence-electron chi connectivity index (χ2n) is 15.3. The van der Waals surface area contributed by atoms with Crippen molar-refractivity contribution in [3.8, 4) is 23.3 Å². The Morgan fingerprint density at radius 1 is 0.676 bits per heavy atom. The van der Waals surface area contributed by atoms with Crippen molar-refractivity contribution in [1.82, 2.24) is 9.88 Å². The van der Waals surface area contributed by atoms with Crippen LogP contribution >= 0.6 is 34.5 Å². The lowest BCUT2D eigenvalue weighted by Gasteiger charge is -2.21. The minimum Gasteiger partial charge on any atom is -0.395 e. The highest BCUT2D eigenvalue weighted by molar-refractivity contribution is 7.86. The first kappa shape index (κ1) is 54.3. The third kappa shape index (κ3) is 12.3. The van der Waals surface area contributed by atoms with Crippen molar-refractivity contribution in [3.63, 3.8) is 0 Å². The molecular weight excluding hydrogens is 1090 g/mol. The number of nitrogens with zero attached hydrogens (tertiary/aromatic N) is 8. The van der Waals surface area contributed by atoms with Crippen LogP contribution in [0.15, 0.2) is 132 Å². The number of azo groups is 2. The number of thiophene rings is 1. The molecule has 0 aliphatic rings. The van der Waals surface area contributed by atoms with E-state index in [4.69, 9.17) is 23.2 Å². The van der Waals surface area contributed by atoms with Crippen LogP contribution in [0.5, 0.6) is 0 Å². The van der Waals surface area contributed by atoms with Crippen LogP contribution in [0, 0.1) is 29.6 Å². The summed E-state index contributed by atoms with van der Waals surface area (Å²) in [6.07, 6.45) is 0. The van der Waals surface area contributed by atoms with Gasteiger partial charge in [0.05, 0.1) is 29.5 Å². The van der Waals surface area contributed by atoms with E-state index >= 15 is 0 Å². The number of rotatable bonds is 17. The van der Waals surface area contributed by atoms with Gasteiger partial charge in [-0.1, -0.05) is 58.8 Å². The molecule has 0 saturated carbocycles. The van der Waals surface area contributed by atoms with E-state index < -0.39 is 51.1 Å². The predicted octanol–water partition coefficient (Wildman–Crippen LogP) is 10.2. The molecule has 23 nitrogen and oxygen atoms in total. The molecular formula is C45H35Cl2N11O12S4. The van der Waals surface area contributed by atoms with Gasteiger partial charge in [0.25, 0.3) is 30.4 Å². The number of carbonyl (C=O) groups is 1. The third-order valence-corrected chi connectivity index (χ3v) is 14.8. The number of pyridine rings is 1. The Bertz CT molecular complexity index is 3860. The van der Waals surface area contributed by atoms with Gasteiger partial charge in [-0.25, -0.2) is 9.78 Å². The van der Waals surface area contributed by atoms with Gasteiger partial charge >= 0.3 is 6.03 Å². The Morgan fingerprint density at radius 2 is 1.27 bits per heavy atom. The molecule has 0 unspecified atom stereocenters. The zero-order valence-electron chi connectivity index (χ0n) is 37.6. The molecule has 7 rings (SSSR count). The molecule has 2 amide bonds. The minimum absolute atomic E-state index is 0.0291. The molecule has 7 aromatic rings. The van der Waals surface area contributed by atoms with Crippen molar-refractivity contribution in [3.05, 3.63) is 124 Å². The van der Waals surface area contributed by atoms with Crippen LogP contribution in [0.3, 0.4) is 0 Å². The maximum absolute atomic E-state index is 13.0. The predicted molar refractivity (Wildman–Crippen MR) is 274 cm³/mol. The van der Waals surface area contributed by atoms with Crippen molar-refractivity contribution >= 4 is 132 Å². The van der Waals surface area contributed by atoms with E-state index in [2.05, 4.69) is 47.5 Å². The topological polar surface area (TPSA) is 370 Å². The number of halogens is 2. The van der Waals surface area contributed by atoms with Gasteiger partial charge in [0.15, 0.2) is 16.6 Å². The minimum atomic E-state index is -5.05. The fourth-order valence-corrected chi connectivity index (χ4v) is 10.6. The third-order valence-electron chi connectivity index (χ3n) is 10.5. The van der Waals surface area contributed by atoms with E-state index in [1.807, 2.05) is 6.07 Å². The number of benzene rings is 5. The molecule has 380 valence electrons. The van der Waals surface area contributed by atoms with Gasteiger partial charge in [0.2, 0.25) is 0 Å². The van der Waals surface area contributed by atoms with Gasteiger partial charge in [-0.2, -0.15) is 35.8 Å². The summed E-state index contributed by atoms with van der Waals surface area (Å²) in [5.74, 6) is -0.134. The molecule has 0 spiro atoms.